The lowest BCUT2D eigenvalue weighted by atomic mass is 10.2. The second-order valence-corrected chi connectivity index (χ2v) is 3.10. The Balaban J connectivity index is 1.85. The minimum Gasteiger partial charge on any atom is -0.464 e. The lowest BCUT2D eigenvalue weighted by Gasteiger charge is -2.06. The van der Waals surface area contributed by atoms with Crippen molar-refractivity contribution in [2.75, 3.05) is 6.61 Å². The molecule has 0 saturated carbocycles. The monoisotopic (exact) mass is 193 g/mol. The van der Waals surface area contributed by atoms with Gasteiger partial charge in [-0.05, 0) is 12.1 Å². The molecule has 1 aromatic rings. The molecular weight excluding hydrogens is 182 g/mol. The molecule has 5 heteroatoms. The summed E-state index contributed by atoms with van der Waals surface area (Å²) in [5.41, 5.74) is 0.826. The zero-order valence-electron chi connectivity index (χ0n) is 7.64. The number of rotatable bonds is 3. The fourth-order valence-corrected chi connectivity index (χ4v) is 1.34. The molecule has 0 bridgehead atoms. The van der Waals surface area contributed by atoms with Crippen molar-refractivity contribution in [3.05, 3.63) is 24.0 Å². The normalized spacial score (nSPS) is 20.9. The molecule has 0 amide bonds. The minimum absolute atomic E-state index is 0.172. The Morgan fingerprint density at radius 1 is 1.64 bits per heavy atom. The van der Waals surface area contributed by atoms with Gasteiger partial charge in [0.2, 0.25) is 0 Å². The van der Waals surface area contributed by atoms with Crippen LogP contribution in [0.15, 0.2) is 18.3 Å². The van der Waals surface area contributed by atoms with Crippen molar-refractivity contribution in [3.8, 4) is 0 Å². The molecule has 0 radical (unpaired) electrons. The first-order chi connectivity index (χ1) is 6.86. The van der Waals surface area contributed by atoms with Crippen LogP contribution in [-0.2, 0) is 16.1 Å². The second kappa shape index (κ2) is 4.15. The molecule has 1 fully saturated rings. The fourth-order valence-electron chi connectivity index (χ4n) is 1.34. The molecular formula is C9H11N3O2. The maximum absolute atomic E-state index is 11.1. The quantitative estimate of drug-likeness (QED) is 0.678. The summed E-state index contributed by atoms with van der Waals surface area (Å²) in [6.45, 7) is 1.06. The van der Waals surface area contributed by atoms with Crippen molar-refractivity contribution in [2.45, 2.75) is 19.0 Å². The largest absolute Gasteiger partial charge is 0.464 e. The van der Waals surface area contributed by atoms with E-state index in [1.807, 2.05) is 12.1 Å². The van der Waals surface area contributed by atoms with Gasteiger partial charge in [-0.25, -0.2) is 0 Å². The van der Waals surface area contributed by atoms with Crippen LogP contribution in [-0.4, -0.2) is 28.8 Å². The highest BCUT2D eigenvalue weighted by Crippen LogP contribution is 2.06. The third-order valence-corrected chi connectivity index (χ3v) is 2.09. The molecule has 0 aliphatic carbocycles. The smallest absolute Gasteiger partial charge is 0.323 e. The van der Waals surface area contributed by atoms with Crippen LogP contribution in [0.1, 0.15) is 12.1 Å². The number of nitrogens with zero attached hydrogens (tertiary/aromatic N) is 2. The van der Waals surface area contributed by atoms with Crippen LogP contribution in [0.5, 0.6) is 0 Å². The SMILES string of the molecule is O=C1OCCC1NCc1cccnn1. The number of ether oxygens (including phenoxy) is 1. The molecule has 1 saturated heterocycles. The summed E-state index contributed by atoms with van der Waals surface area (Å²) in [4.78, 5) is 11.1. The molecule has 1 aliphatic heterocycles. The van der Waals surface area contributed by atoms with E-state index >= 15 is 0 Å². The van der Waals surface area contributed by atoms with Gasteiger partial charge in [0.1, 0.15) is 6.04 Å². The van der Waals surface area contributed by atoms with Crippen LogP contribution in [0, 0.1) is 0 Å². The molecule has 0 aromatic carbocycles. The highest BCUT2D eigenvalue weighted by atomic mass is 16.5. The number of esters is 1. The van der Waals surface area contributed by atoms with Crippen molar-refractivity contribution >= 4 is 5.97 Å². The number of aromatic nitrogens is 2. The molecule has 1 N–H and O–H groups in total. The van der Waals surface area contributed by atoms with E-state index in [-0.39, 0.29) is 12.0 Å². The third-order valence-electron chi connectivity index (χ3n) is 2.09. The zero-order valence-corrected chi connectivity index (χ0v) is 7.64. The van der Waals surface area contributed by atoms with E-state index < -0.39 is 0 Å². The van der Waals surface area contributed by atoms with Gasteiger partial charge in [-0.1, -0.05) is 0 Å². The van der Waals surface area contributed by atoms with Gasteiger partial charge < -0.3 is 4.74 Å². The molecule has 5 nitrogen and oxygen atoms in total. The summed E-state index contributed by atoms with van der Waals surface area (Å²) in [5, 5.41) is 10.7. The van der Waals surface area contributed by atoms with E-state index in [4.69, 9.17) is 4.74 Å². The van der Waals surface area contributed by atoms with Crippen LogP contribution in [0.2, 0.25) is 0 Å². The van der Waals surface area contributed by atoms with Crippen LogP contribution in [0.3, 0.4) is 0 Å². The van der Waals surface area contributed by atoms with E-state index in [0.29, 0.717) is 13.2 Å². The minimum atomic E-state index is -0.183. The fraction of sp³-hybridized carbons (Fsp3) is 0.444. The second-order valence-electron chi connectivity index (χ2n) is 3.10. The van der Waals surface area contributed by atoms with Gasteiger partial charge >= 0.3 is 5.97 Å². The number of carbonyl (C=O) groups excluding carboxylic acids is 1. The maximum Gasteiger partial charge on any atom is 0.323 e. The van der Waals surface area contributed by atoms with Gasteiger partial charge in [0.15, 0.2) is 0 Å². The maximum atomic E-state index is 11.1. The highest BCUT2D eigenvalue weighted by Gasteiger charge is 2.25. The first kappa shape index (κ1) is 9.08. The van der Waals surface area contributed by atoms with Crippen LogP contribution in [0.25, 0.3) is 0 Å². The van der Waals surface area contributed by atoms with Gasteiger partial charge in [-0.2, -0.15) is 10.2 Å². The highest BCUT2D eigenvalue weighted by molar-refractivity contribution is 5.77. The molecule has 1 aromatic heterocycles. The Morgan fingerprint density at radius 3 is 3.21 bits per heavy atom. The molecule has 1 aliphatic rings. The summed E-state index contributed by atoms with van der Waals surface area (Å²) in [6.07, 6.45) is 2.35. The van der Waals surface area contributed by atoms with Crippen LogP contribution in [0.4, 0.5) is 0 Å². The Bertz CT molecular complexity index is 315. The molecule has 2 rings (SSSR count). The van der Waals surface area contributed by atoms with E-state index in [0.717, 1.165) is 12.1 Å². The van der Waals surface area contributed by atoms with E-state index in [9.17, 15) is 4.79 Å². The Kier molecular flexibility index (Phi) is 2.69. The predicted octanol–water partition coefficient (Wildman–Crippen LogP) is -0.118. The number of hydrogen-bond donors (Lipinski definition) is 1. The van der Waals surface area contributed by atoms with Crippen molar-refractivity contribution < 1.29 is 9.53 Å². The van der Waals surface area contributed by atoms with Crippen molar-refractivity contribution in [2.24, 2.45) is 0 Å². The van der Waals surface area contributed by atoms with E-state index in [1.54, 1.807) is 6.20 Å². The van der Waals surface area contributed by atoms with Crippen LogP contribution < -0.4 is 5.32 Å². The Labute approximate surface area is 81.5 Å². The van der Waals surface area contributed by atoms with Gasteiger partial charge in [-0.3, -0.25) is 10.1 Å². The summed E-state index contributed by atoms with van der Waals surface area (Å²) < 4.78 is 4.82. The number of cyclic esters (lactones) is 1. The summed E-state index contributed by atoms with van der Waals surface area (Å²) >= 11 is 0. The average molecular weight is 193 g/mol. The van der Waals surface area contributed by atoms with E-state index in [2.05, 4.69) is 15.5 Å². The topological polar surface area (TPSA) is 64.1 Å². The molecule has 1 unspecified atom stereocenters. The number of carbonyl (C=O) groups is 1. The van der Waals surface area contributed by atoms with Crippen molar-refractivity contribution in [3.63, 3.8) is 0 Å². The number of nitrogens with one attached hydrogen (secondary N) is 1. The van der Waals surface area contributed by atoms with Crippen molar-refractivity contribution in [1.82, 2.24) is 15.5 Å². The Morgan fingerprint density at radius 2 is 2.57 bits per heavy atom. The predicted molar refractivity (Wildman–Crippen MR) is 48.2 cm³/mol. The summed E-state index contributed by atoms with van der Waals surface area (Å²) in [5.74, 6) is -0.172. The molecule has 1 atom stereocenters. The van der Waals surface area contributed by atoms with Gasteiger partial charge in [-0.15, -0.1) is 0 Å². The summed E-state index contributed by atoms with van der Waals surface area (Å²) in [7, 11) is 0. The van der Waals surface area contributed by atoms with Crippen LogP contribution >= 0.6 is 0 Å². The molecule has 0 spiro atoms. The lowest BCUT2D eigenvalue weighted by molar-refractivity contribution is -0.139. The van der Waals surface area contributed by atoms with Gasteiger partial charge in [0.25, 0.3) is 0 Å². The average Bonchev–Trinajstić information content (AvgIpc) is 2.63. The number of hydrogen-bond acceptors (Lipinski definition) is 5. The van der Waals surface area contributed by atoms with Gasteiger partial charge in [0.05, 0.1) is 12.3 Å². The standard InChI is InChI=1S/C9H11N3O2/c13-9-8(3-5-14-9)10-6-7-2-1-4-11-12-7/h1-2,4,8,10H,3,5-6H2. The lowest BCUT2D eigenvalue weighted by Crippen LogP contribution is -2.32. The zero-order chi connectivity index (χ0) is 9.80. The van der Waals surface area contributed by atoms with E-state index in [1.165, 1.54) is 0 Å². The van der Waals surface area contributed by atoms with Crippen molar-refractivity contribution in [1.29, 1.82) is 0 Å². The molecule has 74 valence electrons. The molecule has 2 heterocycles. The summed E-state index contributed by atoms with van der Waals surface area (Å²) in [6, 6.07) is 3.49. The van der Waals surface area contributed by atoms with Gasteiger partial charge in [0, 0.05) is 19.2 Å². The Hall–Kier alpha value is -1.49. The first-order valence-corrected chi connectivity index (χ1v) is 4.53. The third kappa shape index (κ3) is 2.05. The first-order valence-electron chi connectivity index (χ1n) is 4.53. The molecule has 14 heavy (non-hydrogen) atoms.